The number of benzene rings is 4. The number of hydrogen-bond acceptors (Lipinski definition) is 6. The van der Waals surface area contributed by atoms with Crippen LogP contribution in [0.3, 0.4) is 0 Å². The van der Waals surface area contributed by atoms with Crippen LogP contribution in [0.2, 0.25) is 0 Å². The van der Waals surface area contributed by atoms with E-state index in [-0.39, 0.29) is 11.6 Å². The van der Waals surface area contributed by atoms with Crippen LogP contribution in [0.25, 0.3) is 22.3 Å². The van der Waals surface area contributed by atoms with E-state index in [1.807, 2.05) is 109 Å². The zero-order valence-corrected chi connectivity index (χ0v) is 31.1. The molecule has 56 heavy (non-hydrogen) atoms. The van der Waals surface area contributed by atoms with Crippen LogP contribution in [0.1, 0.15) is 33.4 Å². The van der Waals surface area contributed by atoms with Crippen LogP contribution in [0.4, 0.5) is 8.78 Å². The minimum atomic E-state index is -0.289. The minimum absolute atomic E-state index is 0.289. The lowest BCUT2D eigenvalue weighted by molar-refractivity contribution is 0.414. The molecule has 8 bridgehead atoms. The smallest absolute Gasteiger partial charge is 0.126 e. The molecule has 4 aromatic carbocycles. The Morgan fingerprint density at radius 1 is 0.375 bits per heavy atom. The first kappa shape index (κ1) is 34.7. The van der Waals surface area contributed by atoms with Gasteiger partial charge in [-0.05, 0) is 144 Å². The monoisotopic (exact) mass is 736 g/mol. The second kappa shape index (κ2) is 14.0. The van der Waals surface area contributed by atoms with Crippen molar-refractivity contribution in [1.29, 1.82) is 0 Å². The van der Waals surface area contributed by atoms with Gasteiger partial charge >= 0.3 is 0 Å². The standard InChI is InChI=1S/C48H34F2N4O2/c1-27-25-31(9-15-35(27)49)47-41-21-17-37(51-41)45(29-5-11-33(55-3)12-6-29)39-19-23-43(53-39)48(32-10-16-36(50)28(2)26-32)44-24-20-40(54-44)46(38-18-22-42(47)52-38)30-7-13-34(56-4)14-8-30/h5-26H,1-4H3. The van der Waals surface area contributed by atoms with Gasteiger partial charge in [0.25, 0.3) is 0 Å². The van der Waals surface area contributed by atoms with Crippen molar-refractivity contribution in [2.24, 2.45) is 20.0 Å². The lowest BCUT2D eigenvalue weighted by Crippen LogP contribution is -2.04. The molecule has 5 aliphatic rings. The van der Waals surface area contributed by atoms with Gasteiger partial charge in [0.2, 0.25) is 0 Å². The van der Waals surface area contributed by atoms with Gasteiger partial charge in [-0.2, -0.15) is 0 Å². The number of halogens is 2. The number of nitrogens with zero attached hydrogens (tertiary/aromatic N) is 4. The number of ether oxygens (including phenoxy) is 2. The summed E-state index contributed by atoms with van der Waals surface area (Å²) in [6.45, 7) is 3.51. The number of methoxy groups -OCH3 is 2. The van der Waals surface area contributed by atoms with Crippen LogP contribution in [-0.4, -0.2) is 37.1 Å². The molecule has 0 N–H and O–H groups in total. The molecular weight excluding hydrogens is 703 g/mol. The van der Waals surface area contributed by atoms with Gasteiger partial charge in [-0.3, -0.25) is 0 Å². The lowest BCUT2D eigenvalue weighted by Gasteiger charge is -2.13. The molecule has 0 radical (unpaired) electrons. The SMILES string of the molecule is COc1ccc(C2=C3C=CC(=N3)C(c3ccc(F)c(C)c3)=C3C=CC(=N3)C(c3ccc(OC)cc3)=C3C=CC(=N3)C(c3ccc(F)c(C)c3)=C3C=CC2=N3)cc1. The maximum atomic E-state index is 14.7. The van der Waals surface area contributed by atoms with Crippen molar-refractivity contribution < 1.29 is 18.3 Å². The van der Waals surface area contributed by atoms with Crippen LogP contribution in [-0.2, 0) is 0 Å². The van der Waals surface area contributed by atoms with E-state index < -0.39 is 0 Å². The summed E-state index contributed by atoms with van der Waals surface area (Å²) < 4.78 is 40.4. The van der Waals surface area contributed by atoms with E-state index in [1.54, 1.807) is 40.2 Å². The first-order valence-corrected chi connectivity index (χ1v) is 18.2. The topological polar surface area (TPSA) is 67.9 Å². The molecule has 0 amide bonds. The summed E-state index contributed by atoms with van der Waals surface area (Å²) in [6, 6.07) is 25.8. The van der Waals surface area contributed by atoms with Crippen molar-refractivity contribution >= 4 is 45.1 Å². The van der Waals surface area contributed by atoms with Gasteiger partial charge in [0.05, 0.1) is 59.9 Å². The second-order valence-electron chi connectivity index (χ2n) is 13.7. The van der Waals surface area contributed by atoms with Gasteiger partial charge in [-0.25, -0.2) is 28.8 Å². The van der Waals surface area contributed by atoms with Gasteiger partial charge in [-0.15, -0.1) is 0 Å². The van der Waals surface area contributed by atoms with Gasteiger partial charge in [0.15, 0.2) is 0 Å². The molecule has 0 unspecified atom stereocenters. The Bertz CT molecular complexity index is 2570. The summed E-state index contributed by atoms with van der Waals surface area (Å²) in [5.41, 5.74) is 13.0. The van der Waals surface area contributed by atoms with Gasteiger partial charge in [-0.1, -0.05) is 36.4 Å². The number of allylic oxidation sites excluding steroid dienone is 12. The third-order valence-corrected chi connectivity index (χ3v) is 10.3. The first-order chi connectivity index (χ1) is 27.3. The largest absolute Gasteiger partial charge is 0.497 e. The third kappa shape index (κ3) is 6.15. The summed E-state index contributed by atoms with van der Waals surface area (Å²) in [6.07, 6.45) is 15.8. The Hall–Kier alpha value is -7.06. The molecule has 4 aromatic rings. The summed E-state index contributed by atoms with van der Waals surface area (Å²) in [7, 11) is 3.27. The number of aryl methyl sites for hydroxylation is 2. The first-order valence-electron chi connectivity index (χ1n) is 18.2. The molecule has 5 heterocycles. The van der Waals surface area contributed by atoms with Gasteiger partial charge < -0.3 is 9.47 Å². The van der Waals surface area contributed by atoms with Crippen LogP contribution >= 0.6 is 0 Å². The van der Waals surface area contributed by atoms with Crippen molar-refractivity contribution in [3.63, 3.8) is 0 Å². The predicted octanol–water partition coefficient (Wildman–Crippen LogP) is 10.6. The van der Waals surface area contributed by atoms with E-state index in [0.29, 0.717) is 56.8 Å². The van der Waals surface area contributed by atoms with Gasteiger partial charge in [0, 0.05) is 22.3 Å². The van der Waals surface area contributed by atoms with Crippen LogP contribution in [0.15, 0.2) is 176 Å². The second-order valence-corrected chi connectivity index (χ2v) is 13.7. The molecule has 0 aromatic heterocycles. The van der Waals surface area contributed by atoms with Crippen molar-refractivity contribution in [1.82, 2.24) is 0 Å². The molecule has 0 atom stereocenters. The van der Waals surface area contributed by atoms with Gasteiger partial charge in [0.1, 0.15) is 23.1 Å². The molecule has 0 spiro atoms. The van der Waals surface area contributed by atoms with E-state index in [1.165, 1.54) is 12.1 Å². The number of aliphatic imine (C=N–C) groups is 4. The maximum Gasteiger partial charge on any atom is 0.126 e. The fraction of sp³-hybridized carbons (Fsp3) is 0.0833. The molecular formula is C48H34F2N4O2. The Kier molecular flexibility index (Phi) is 8.66. The Morgan fingerprint density at radius 3 is 0.946 bits per heavy atom. The van der Waals surface area contributed by atoms with Crippen LogP contribution < -0.4 is 9.47 Å². The fourth-order valence-electron chi connectivity index (χ4n) is 7.39. The van der Waals surface area contributed by atoms with Crippen LogP contribution in [0, 0.1) is 25.5 Å². The van der Waals surface area contributed by atoms with E-state index in [0.717, 1.165) is 56.0 Å². The van der Waals surface area contributed by atoms with Crippen LogP contribution in [0.5, 0.6) is 11.5 Å². The average molecular weight is 737 g/mol. The number of rotatable bonds is 6. The normalized spacial score (nSPS) is 17.0. The quantitative estimate of drug-likeness (QED) is 0.198. The Morgan fingerprint density at radius 2 is 0.661 bits per heavy atom. The maximum absolute atomic E-state index is 14.7. The van der Waals surface area contributed by atoms with E-state index >= 15 is 0 Å². The average Bonchev–Trinajstić information content (AvgIpc) is 4.06. The Balaban J connectivity index is 1.36. The zero-order valence-electron chi connectivity index (χ0n) is 31.1. The predicted molar refractivity (Wildman–Crippen MR) is 222 cm³/mol. The van der Waals surface area contributed by atoms with E-state index in [9.17, 15) is 8.78 Å². The van der Waals surface area contributed by atoms with E-state index in [4.69, 9.17) is 29.4 Å². The molecule has 9 rings (SSSR count). The molecule has 5 aliphatic heterocycles. The molecule has 8 heteroatoms. The van der Waals surface area contributed by atoms with Crippen molar-refractivity contribution in [2.45, 2.75) is 13.8 Å². The van der Waals surface area contributed by atoms with Crippen molar-refractivity contribution in [2.75, 3.05) is 14.2 Å². The fourth-order valence-corrected chi connectivity index (χ4v) is 7.39. The molecule has 0 saturated heterocycles. The highest BCUT2D eigenvalue weighted by Gasteiger charge is 2.28. The lowest BCUT2D eigenvalue weighted by atomic mass is 9.97. The van der Waals surface area contributed by atoms with Crippen molar-refractivity contribution in [3.05, 3.63) is 201 Å². The summed E-state index contributed by atoms with van der Waals surface area (Å²) >= 11 is 0. The number of fused-ring (bicyclic) bond motifs is 4. The molecule has 0 saturated carbocycles. The molecule has 0 fully saturated rings. The highest BCUT2D eigenvalue weighted by Crippen LogP contribution is 2.39. The summed E-state index contributed by atoms with van der Waals surface area (Å²) in [4.78, 5) is 21.1. The minimum Gasteiger partial charge on any atom is -0.497 e. The van der Waals surface area contributed by atoms with Crippen molar-refractivity contribution in [3.8, 4) is 11.5 Å². The highest BCUT2D eigenvalue weighted by molar-refractivity contribution is 6.39. The molecule has 0 aliphatic carbocycles. The summed E-state index contributed by atoms with van der Waals surface area (Å²) in [5.74, 6) is 0.870. The molecule has 272 valence electrons. The summed E-state index contributed by atoms with van der Waals surface area (Å²) in [5, 5.41) is 0. The zero-order chi connectivity index (χ0) is 38.5. The molecule has 6 nitrogen and oxygen atoms in total. The Labute approximate surface area is 323 Å². The van der Waals surface area contributed by atoms with E-state index in [2.05, 4.69) is 0 Å². The number of hydrogen-bond donors (Lipinski definition) is 0. The third-order valence-electron chi connectivity index (χ3n) is 10.3. The highest BCUT2D eigenvalue weighted by atomic mass is 19.1.